The molecule has 0 unspecified atom stereocenters. The van der Waals surface area contributed by atoms with Gasteiger partial charge in [-0.2, -0.15) is 0 Å². The van der Waals surface area contributed by atoms with Crippen molar-refractivity contribution in [3.05, 3.63) is 29.8 Å². The van der Waals surface area contributed by atoms with Crippen molar-refractivity contribution in [2.24, 2.45) is 5.73 Å². The Morgan fingerprint density at radius 1 is 1.09 bits per heavy atom. The van der Waals surface area contributed by atoms with E-state index in [2.05, 4.69) is 12.1 Å². The van der Waals surface area contributed by atoms with Crippen molar-refractivity contribution in [2.75, 3.05) is 31.6 Å². The maximum Gasteiger partial charge on any atom is 0.248 e. The average Bonchev–Trinajstić information content (AvgIpc) is 2.60. The molecule has 0 aromatic heterocycles. The molecule has 5 nitrogen and oxygen atoms in total. The van der Waals surface area contributed by atoms with Crippen molar-refractivity contribution in [3.63, 3.8) is 0 Å². The number of hydrogen-bond donors (Lipinski definition) is 1. The third kappa shape index (κ3) is 2.98. The second kappa shape index (κ2) is 6.32. The number of likely N-dealkylation sites (N-methyl/N-ethyl adjacent to an activating group) is 1. The summed E-state index contributed by atoms with van der Waals surface area (Å²) in [6.07, 6.45) is 5.95. The zero-order chi connectivity index (χ0) is 16.4. The number of carbonyl (C=O) groups is 2. The van der Waals surface area contributed by atoms with E-state index in [1.54, 1.807) is 7.05 Å². The van der Waals surface area contributed by atoms with Gasteiger partial charge in [0.25, 0.3) is 0 Å². The Hall–Kier alpha value is -1.88. The number of benzene rings is 1. The maximum absolute atomic E-state index is 11.9. The maximum atomic E-state index is 11.9. The Morgan fingerprint density at radius 2 is 1.74 bits per heavy atom. The van der Waals surface area contributed by atoms with Crippen LogP contribution in [0.25, 0.3) is 0 Å². The summed E-state index contributed by atoms with van der Waals surface area (Å²) < 4.78 is 0. The molecule has 2 amide bonds. The molecule has 1 saturated heterocycles. The van der Waals surface area contributed by atoms with Gasteiger partial charge < -0.3 is 10.6 Å². The van der Waals surface area contributed by atoms with Crippen LogP contribution in [-0.4, -0.2) is 43.4 Å². The number of amides is 2. The standard InChI is InChI=1S/C18H25N3O2/c1-20-16(22)11-21(12-17(20)23)15-7-5-6-14(10-15)18(13-19)8-3-2-4-9-18/h5-7,10H,2-4,8-9,11-13,19H2,1H3. The van der Waals surface area contributed by atoms with Crippen molar-refractivity contribution in [1.29, 1.82) is 0 Å². The van der Waals surface area contributed by atoms with Gasteiger partial charge in [0.05, 0.1) is 13.1 Å². The lowest BCUT2D eigenvalue weighted by Crippen LogP contribution is -2.52. The summed E-state index contributed by atoms with van der Waals surface area (Å²) in [4.78, 5) is 26.9. The van der Waals surface area contributed by atoms with Gasteiger partial charge in [-0.15, -0.1) is 0 Å². The van der Waals surface area contributed by atoms with E-state index in [-0.39, 0.29) is 30.3 Å². The van der Waals surface area contributed by atoms with Crippen LogP contribution in [0.2, 0.25) is 0 Å². The normalized spacial score (nSPS) is 21.7. The molecule has 1 aromatic carbocycles. The number of piperazine rings is 1. The molecule has 1 saturated carbocycles. The molecule has 0 radical (unpaired) electrons. The molecule has 0 bridgehead atoms. The highest BCUT2D eigenvalue weighted by molar-refractivity contribution is 6.02. The van der Waals surface area contributed by atoms with Crippen LogP contribution in [0.1, 0.15) is 37.7 Å². The number of hydrogen-bond acceptors (Lipinski definition) is 4. The smallest absolute Gasteiger partial charge is 0.248 e. The predicted octanol–water partition coefficient (Wildman–Crippen LogP) is 1.65. The van der Waals surface area contributed by atoms with Gasteiger partial charge in [0.15, 0.2) is 0 Å². The molecule has 2 aliphatic rings. The molecule has 2 fully saturated rings. The minimum absolute atomic E-state index is 0.0505. The van der Waals surface area contributed by atoms with Crippen molar-refractivity contribution in [3.8, 4) is 0 Å². The Bertz CT molecular complexity index is 590. The third-order valence-electron chi connectivity index (χ3n) is 5.43. The molecule has 1 aliphatic heterocycles. The lowest BCUT2D eigenvalue weighted by molar-refractivity contribution is -0.143. The highest BCUT2D eigenvalue weighted by atomic mass is 16.2. The topological polar surface area (TPSA) is 66.6 Å². The first-order valence-corrected chi connectivity index (χ1v) is 8.41. The van der Waals surface area contributed by atoms with Crippen LogP contribution in [0.15, 0.2) is 24.3 Å². The van der Waals surface area contributed by atoms with Crippen molar-refractivity contribution in [2.45, 2.75) is 37.5 Å². The van der Waals surface area contributed by atoms with E-state index < -0.39 is 0 Å². The van der Waals surface area contributed by atoms with Gasteiger partial charge in [0.1, 0.15) is 0 Å². The first-order chi connectivity index (χ1) is 11.1. The number of nitrogens with two attached hydrogens (primary N) is 1. The molecule has 1 aromatic rings. The molecule has 0 spiro atoms. The molecular formula is C18H25N3O2. The minimum Gasteiger partial charge on any atom is -0.353 e. The summed E-state index contributed by atoms with van der Waals surface area (Å²) in [5.41, 5.74) is 8.37. The Balaban J connectivity index is 1.88. The zero-order valence-electron chi connectivity index (χ0n) is 13.8. The summed E-state index contributed by atoms with van der Waals surface area (Å²) in [5, 5.41) is 0. The first-order valence-electron chi connectivity index (χ1n) is 8.41. The van der Waals surface area contributed by atoms with Crippen LogP contribution in [0.5, 0.6) is 0 Å². The van der Waals surface area contributed by atoms with Gasteiger partial charge in [-0.1, -0.05) is 31.4 Å². The number of imide groups is 1. The Kier molecular flexibility index (Phi) is 4.39. The quantitative estimate of drug-likeness (QED) is 0.861. The molecule has 2 N–H and O–H groups in total. The van der Waals surface area contributed by atoms with Crippen LogP contribution in [-0.2, 0) is 15.0 Å². The summed E-state index contributed by atoms with van der Waals surface area (Å²) in [5.74, 6) is -0.310. The molecule has 124 valence electrons. The van der Waals surface area contributed by atoms with Gasteiger partial charge in [0.2, 0.25) is 11.8 Å². The predicted molar refractivity (Wildman–Crippen MR) is 90.2 cm³/mol. The molecule has 23 heavy (non-hydrogen) atoms. The minimum atomic E-state index is -0.155. The number of rotatable bonds is 3. The highest BCUT2D eigenvalue weighted by Crippen LogP contribution is 2.39. The largest absolute Gasteiger partial charge is 0.353 e. The van der Waals surface area contributed by atoms with Gasteiger partial charge in [-0.25, -0.2) is 0 Å². The lowest BCUT2D eigenvalue weighted by Gasteiger charge is -2.38. The lowest BCUT2D eigenvalue weighted by atomic mass is 9.69. The number of carbonyl (C=O) groups excluding carboxylic acids is 2. The van der Waals surface area contributed by atoms with Crippen LogP contribution >= 0.6 is 0 Å². The van der Waals surface area contributed by atoms with Gasteiger partial charge in [-0.05, 0) is 30.5 Å². The Labute approximate surface area is 137 Å². The van der Waals surface area contributed by atoms with E-state index in [4.69, 9.17) is 5.73 Å². The van der Waals surface area contributed by atoms with Crippen molar-refractivity contribution < 1.29 is 9.59 Å². The second-order valence-electron chi connectivity index (χ2n) is 6.80. The summed E-state index contributed by atoms with van der Waals surface area (Å²) >= 11 is 0. The highest BCUT2D eigenvalue weighted by Gasteiger charge is 2.33. The number of anilines is 1. The SMILES string of the molecule is CN1C(=O)CN(c2cccc(C3(CN)CCCCC3)c2)CC1=O. The molecule has 5 heteroatoms. The fourth-order valence-electron chi connectivity index (χ4n) is 3.79. The third-order valence-corrected chi connectivity index (χ3v) is 5.43. The zero-order valence-corrected chi connectivity index (χ0v) is 13.8. The van der Waals surface area contributed by atoms with Gasteiger partial charge in [0, 0.05) is 24.7 Å². The molecule has 1 heterocycles. The van der Waals surface area contributed by atoms with Crippen LogP contribution in [0, 0.1) is 0 Å². The van der Waals surface area contributed by atoms with Crippen molar-refractivity contribution >= 4 is 17.5 Å². The molecular weight excluding hydrogens is 290 g/mol. The second-order valence-corrected chi connectivity index (χ2v) is 6.80. The first kappa shape index (κ1) is 16.0. The average molecular weight is 315 g/mol. The van der Waals surface area contributed by atoms with E-state index in [1.165, 1.54) is 29.7 Å². The number of nitrogens with zero attached hydrogens (tertiary/aromatic N) is 2. The molecule has 0 atom stereocenters. The van der Waals surface area contributed by atoms with Crippen LogP contribution in [0.4, 0.5) is 5.69 Å². The van der Waals surface area contributed by atoms with Gasteiger partial charge >= 0.3 is 0 Å². The van der Waals surface area contributed by atoms with E-state index in [1.807, 2.05) is 17.0 Å². The Morgan fingerprint density at radius 3 is 2.35 bits per heavy atom. The fourth-order valence-corrected chi connectivity index (χ4v) is 3.79. The van der Waals surface area contributed by atoms with E-state index >= 15 is 0 Å². The van der Waals surface area contributed by atoms with E-state index in [0.29, 0.717) is 6.54 Å². The summed E-state index contributed by atoms with van der Waals surface area (Å²) in [6, 6.07) is 8.26. The molecule has 3 rings (SSSR count). The van der Waals surface area contributed by atoms with E-state index in [9.17, 15) is 9.59 Å². The van der Waals surface area contributed by atoms with Crippen LogP contribution < -0.4 is 10.6 Å². The van der Waals surface area contributed by atoms with E-state index in [0.717, 1.165) is 18.5 Å². The van der Waals surface area contributed by atoms with Gasteiger partial charge in [-0.3, -0.25) is 14.5 Å². The molecule has 1 aliphatic carbocycles. The summed E-state index contributed by atoms with van der Waals surface area (Å²) in [6.45, 7) is 1.15. The summed E-state index contributed by atoms with van der Waals surface area (Å²) in [7, 11) is 1.55. The van der Waals surface area contributed by atoms with Crippen LogP contribution in [0.3, 0.4) is 0 Å². The fraction of sp³-hybridized carbons (Fsp3) is 0.556. The monoisotopic (exact) mass is 315 g/mol. The van der Waals surface area contributed by atoms with Crippen molar-refractivity contribution in [1.82, 2.24) is 4.90 Å².